The van der Waals surface area contributed by atoms with Gasteiger partial charge in [0, 0.05) is 11.7 Å². The van der Waals surface area contributed by atoms with E-state index < -0.39 is 5.97 Å². The fraction of sp³-hybridized carbons (Fsp3) is 0.741. The summed E-state index contributed by atoms with van der Waals surface area (Å²) in [7, 11) is 0. The van der Waals surface area contributed by atoms with Gasteiger partial charge in [-0.3, -0.25) is 0 Å². The van der Waals surface area contributed by atoms with E-state index in [9.17, 15) is 4.79 Å². The van der Waals surface area contributed by atoms with Crippen molar-refractivity contribution < 1.29 is 9.90 Å². The Hall–Kier alpha value is -1.51. The molecule has 1 aliphatic rings. The van der Waals surface area contributed by atoms with E-state index in [4.69, 9.17) is 5.11 Å². The van der Waals surface area contributed by atoms with Crippen LogP contribution in [0.4, 0.5) is 5.69 Å². The summed E-state index contributed by atoms with van der Waals surface area (Å²) in [4.78, 5) is 11.1. The van der Waals surface area contributed by atoms with Crippen molar-refractivity contribution in [2.75, 3.05) is 5.32 Å². The first kappa shape index (κ1) is 24.8. The summed E-state index contributed by atoms with van der Waals surface area (Å²) in [6, 6.07) is 5.94. The van der Waals surface area contributed by atoms with Crippen LogP contribution in [0.3, 0.4) is 0 Å². The summed E-state index contributed by atoms with van der Waals surface area (Å²) in [5, 5.41) is 12.7. The lowest BCUT2D eigenvalue weighted by molar-refractivity contribution is 0.0697. The minimum Gasteiger partial charge on any atom is -0.478 e. The van der Waals surface area contributed by atoms with Crippen molar-refractivity contribution in [3.8, 4) is 0 Å². The van der Waals surface area contributed by atoms with Crippen LogP contribution in [0.5, 0.6) is 0 Å². The van der Waals surface area contributed by atoms with E-state index in [2.05, 4.69) is 19.2 Å². The van der Waals surface area contributed by atoms with Gasteiger partial charge in [-0.1, -0.05) is 110 Å². The van der Waals surface area contributed by atoms with Gasteiger partial charge in [-0.2, -0.15) is 0 Å². The van der Waals surface area contributed by atoms with Gasteiger partial charge < -0.3 is 10.4 Å². The van der Waals surface area contributed by atoms with E-state index in [1.165, 1.54) is 102 Å². The second kappa shape index (κ2) is 14.5. The van der Waals surface area contributed by atoms with Gasteiger partial charge in [0.15, 0.2) is 0 Å². The highest BCUT2D eigenvalue weighted by Gasteiger charge is 2.25. The van der Waals surface area contributed by atoms with Crippen molar-refractivity contribution >= 4 is 11.7 Å². The molecule has 3 nitrogen and oxygen atoms in total. The minimum atomic E-state index is -0.849. The number of anilines is 1. The Kier molecular flexibility index (Phi) is 12.0. The monoisotopic (exact) mass is 415 g/mol. The molecule has 2 atom stereocenters. The Labute approximate surface area is 185 Å². The fourth-order valence-corrected chi connectivity index (χ4v) is 4.72. The van der Waals surface area contributed by atoms with E-state index in [1.54, 1.807) is 12.1 Å². The number of benzene rings is 1. The first-order chi connectivity index (χ1) is 14.6. The SMILES string of the molecule is CCCCCCCCCCCCCCCCC(C)[C@@H]1Cc2ccc(C(=O)O)cc2N1. The Bertz CT molecular complexity index is 613. The molecule has 1 unspecified atom stereocenters. The molecule has 0 spiro atoms. The van der Waals surface area contributed by atoms with Gasteiger partial charge in [0.1, 0.15) is 0 Å². The number of carboxylic acid groups (broad SMARTS) is 1. The molecule has 1 aromatic rings. The maximum atomic E-state index is 11.1. The van der Waals surface area contributed by atoms with Crippen molar-refractivity contribution in [3.63, 3.8) is 0 Å². The van der Waals surface area contributed by atoms with Gasteiger partial charge in [0.25, 0.3) is 0 Å². The van der Waals surface area contributed by atoms with Gasteiger partial charge in [0.2, 0.25) is 0 Å². The molecule has 30 heavy (non-hydrogen) atoms. The second-order valence-electron chi connectivity index (χ2n) is 9.49. The van der Waals surface area contributed by atoms with Crippen LogP contribution < -0.4 is 5.32 Å². The van der Waals surface area contributed by atoms with Crippen LogP contribution >= 0.6 is 0 Å². The maximum Gasteiger partial charge on any atom is 0.335 e. The molecule has 0 bridgehead atoms. The number of carbonyl (C=O) groups is 1. The van der Waals surface area contributed by atoms with E-state index in [0.717, 1.165) is 12.1 Å². The minimum absolute atomic E-state index is 0.376. The number of hydrogen-bond acceptors (Lipinski definition) is 2. The zero-order valence-corrected chi connectivity index (χ0v) is 19.6. The normalized spacial score (nSPS) is 16.3. The molecule has 1 heterocycles. The Morgan fingerprint density at radius 3 is 2.00 bits per heavy atom. The Balaban J connectivity index is 1.44. The van der Waals surface area contributed by atoms with Gasteiger partial charge >= 0.3 is 5.97 Å². The largest absolute Gasteiger partial charge is 0.478 e. The first-order valence-corrected chi connectivity index (χ1v) is 12.7. The van der Waals surface area contributed by atoms with E-state index >= 15 is 0 Å². The van der Waals surface area contributed by atoms with Crippen molar-refractivity contribution in [2.45, 2.75) is 123 Å². The van der Waals surface area contributed by atoms with Gasteiger partial charge in [-0.15, -0.1) is 0 Å². The van der Waals surface area contributed by atoms with Crippen molar-refractivity contribution in [3.05, 3.63) is 29.3 Å². The average Bonchev–Trinajstić information content (AvgIpc) is 3.17. The zero-order chi connectivity index (χ0) is 21.6. The maximum absolute atomic E-state index is 11.1. The van der Waals surface area contributed by atoms with Crippen LogP contribution in [-0.2, 0) is 6.42 Å². The van der Waals surface area contributed by atoms with Gasteiger partial charge in [-0.05, 0) is 36.5 Å². The van der Waals surface area contributed by atoms with Crippen LogP contribution in [0.1, 0.15) is 126 Å². The molecule has 0 aliphatic carbocycles. The molecule has 1 aromatic carbocycles. The number of rotatable bonds is 17. The molecule has 0 amide bonds. The molecule has 0 fully saturated rings. The molecule has 2 N–H and O–H groups in total. The standard InChI is InChI=1S/C27H45NO2/c1-3-4-5-6-7-8-9-10-11-12-13-14-15-16-17-22(2)25-20-23-18-19-24(27(29)30)21-26(23)28-25/h18-19,21-22,25,28H,3-17,20H2,1-2H3,(H,29,30)/t22?,25-/m0/s1. The van der Waals surface area contributed by atoms with E-state index in [1.807, 2.05) is 6.07 Å². The van der Waals surface area contributed by atoms with Crippen LogP contribution in [-0.4, -0.2) is 17.1 Å². The highest BCUT2D eigenvalue weighted by atomic mass is 16.4. The van der Waals surface area contributed by atoms with Crippen LogP contribution in [0.25, 0.3) is 0 Å². The smallest absolute Gasteiger partial charge is 0.335 e. The third-order valence-corrected chi connectivity index (χ3v) is 6.84. The Morgan fingerprint density at radius 1 is 0.933 bits per heavy atom. The number of hydrogen-bond donors (Lipinski definition) is 2. The summed E-state index contributed by atoms with van der Waals surface area (Å²) < 4.78 is 0. The highest BCUT2D eigenvalue weighted by Crippen LogP contribution is 2.31. The zero-order valence-electron chi connectivity index (χ0n) is 19.6. The summed E-state index contributed by atoms with van der Waals surface area (Å²) in [5.74, 6) is -0.221. The molecule has 0 saturated carbocycles. The van der Waals surface area contributed by atoms with Crippen molar-refractivity contribution in [2.24, 2.45) is 5.92 Å². The number of fused-ring (bicyclic) bond motifs is 1. The highest BCUT2D eigenvalue weighted by molar-refractivity contribution is 5.89. The summed E-state index contributed by atoms with van der Waals surface area (Å²) in [6.07, 6.45) is 22.0. The van der Waals surface area contributed by atoms with Crippen LogP contribution in [0, 0.1) is 5.92 Å². The average molecular weight is 416 g/mol. The molecule has 170 valence electrons. The first-order valence-electron chi connectivity index (χ1n) is 12.7. The predicted molar refractivity (Wildman–Crippen MR) is 129 cm³/mol. The van der Waals surface area contributed by atoms with E-state index in [0.29, 0.717) is 17.5 Å². The number of nitrogens with one attached hydrogen (secondary N) is 1. The number of unbranched alkanes of at least 4 members (excludes halogenated alkanes) is 13. The fourth-order valence-electron chi connectivity index (χ4n) is 4.72. The summed E-state index contributed by atoms with van der Waals surface area (Å²) in [5.41, 5.74) is 2.66. The molecule has 3 heteroatoms. The predicted octanol–water partition coefficient (Wildman–Crippen LogP) is 8.23. The third-order valence-electron chi connectivity index (χ3n) is 6.84. The molecular weight excluding hydrogens is 370 g/mol. The third kappa shape index (κ3) is 9.10. The quantitative estimate of drug-likeness (QED) is 0.252. The molecule has 1 aliphatic heterocycles. The number of aromatic carboxylic acids is 1. The molecule has 0 saturated heterocycles. The van der Waals surface area contributed by atoms with Crippen molar-refractivity contribution in [1.82, 2.24) is 0 Å². The van der Waals surface area contributed by atoms with Crippen LogP contribution in [0.2, 0.25) is 0 Å². The molecule has 0 aromatic heterocycles. The molecular formula is C27H45NO2. The Morgan fingerprint density at radius 2 is 1.47 bits per heavy atom. The topological polar surface area (TPSA) is 49.3 Å². The van der Waals surface area contributed by atoms with Crippen LogP contribution in [0.15, 0.2) is 18.2 Å². The lowest BCUT2D eigenvalue weighted by atomic mass is 9.93. The van der Waals surface area contributed by atoms with Crippen molar-refractivity contribution in [1.29, 1.82) is 0 Å². The van der Waals surface area contributed by atoms with Gasteiger partial charge in [0.05, 0.1) is 5.56 Å². The number of carboxylic acids is 1. The second-order valence-corrected chi connectivity index (χ2v) is 9.49. The molecule has 0 radical (unpaired) electrons. The summed E-state index contributed by atoms with van der Waals surface area (Å²) in [6.45, 7) is 4.62. The summed E-state index contributed by atoms with van der Waals surface area (Å²) >= 11 is 0. The van der Waals surface area contributed by atoms with E-state index in [-0.39, 0.29) is 0 Å². The lowest BCUT2D eigenvalue weighted by Crippen LogP contribution is -2.24. The van der Waals surface area contributed by atoms with Gasteiger partial charge in [-0.25, -0.2) is 4.79 Å². The lowest BCUT2D eigenvalue weighted by Gasteiger charge is -2.20. The molecule has 2 rings (SSSR count).